The zero-order valence-electron chi connectivity index (χ0n) is 12.4. The molecule has 23 heavy (non-hydrogen) atoms. The summed E-state index contributed by atoms with van der Waals surface area (Å²) < 4.78 is 9.54. The Morgan fingerprint density at radius 3 is 2.57 bits per heavy atom. The van der Waals surface area contributed by atoms with Gasteiger partial charge in [-0.05, 0) is 53.5 Å². The van der Waals surface area contributed by atoms with Crippen molar-refractivity contribution in [2.24, 2.45) is 5.10 Å². The lowest BCUT2D eigenvalue weighted by Crippen LogP contribution is -1.92. The van der Waals surface area contributed by atoms with Gasteiger partial charge in [0.1, 0.15) is 11.4 Å². The minimum Gasteiger partial charge on any atom is -0.497 e. The molecule has 0 saturated carbocycles. The van der Waals surface area contributed by atoms with Gasteiger partial charge in [-0.3, -0.25) is 5.43 Å². The van der Waals surface area contributed by atoms with Crippen molar-refractivity contribution < 1.29 is 4.74 Å². The van der Waals surface area contributed by atoms with Crippen LogP contribution in [0.4, 0.5) is 5.69 Å². The Morgan fingerprint density at radius 1 is 1.13 bits per heavy atom. The molecule has 0 aliphatic carbocycles. The van der Waals surface area contributed by atoms with E-state index in [2.05, 4.69) is 14.9 Å². The first-order valence-electron chi connectivity index (χ1n) is 6.90. The number of rotatable bonds is 5. The summed E-state index contributed by atoms with van der Waals surface area (Å²) in [5.74, 6) is 0.821. The number of nitrogens with one attached hydrogen (secondary N) is 1. The highest BCUT2D eigenvalue weighted by atomic mass is 35.5. The second-order valence-electron chi connectivity index (χ2n) is 4.73. The van der Waals surface area contributed by atoms with Crippen LogP contribution >= 0.6 is 23.1 Å². The molecule has 3 aromatic rings. The summed E-state index contributed by atoms with van der Waals surface area (Å²) in [7, 11) is 1.65. The number of aromatic nitrogens is 1. The van der Waals surface area contributed by atoms with Crippen LogP contribution in [0, 0.1) is 0 Å². The molecule has 0 atom stereocenters. The number of ether oxygens (including phenoxy) is 1. The molecule has 0 unspecified atom stereocenters. The fourth-order valence-electron chi connectivity index (χ4n) is 2.00. The molecule has 4 nitrogen and oxygen atoms in total. The fourth-order valence-corrected chi connectivity index (χ4v) is 2.76. The number of nitrogens with zero attached hydrogens (tertiary/aromatic N) is 2. The van der Waals surface area contributed by atoms with Crippen molar-refractivity contribution in [3.63, 3.8) is 0 Å². The predicted octanol–water partition coefficient (Wildman–Crippen LogP) is 4.92. The molecule has 0 aliphatic heterocycles. The molecule has 0 spiro atoms. The number of hydrogen-bond acceptors (Lipinski definition) is 5. The molecule has 3 rings (SSSR count). The van der Waals surface area contributed by atoms with Gasteiger partial charge in [-0.2, -0.15) is 9.47 Å². The maximum Gasteiger partial charge on any atom is 0.118 e. The van der Waals surface area contributed by atoms with Gasteiger partial charge in [-0.1, -0.05) is 23.7 Å². The quantitative estimate of drug-likeness (QED) is 0.528. The second-order valence-corrected chi connectivity index (χ2v) is 5.79. The highest BCUT2D eigenvalue weighted by Crippen LogP contribution is 2.29. The van der Waals surface area contributed by atoms with Crippen molar-refractivity contribution in [3.8, 4) is 17.0 Å². The number of methoxy groups -OCH3 is 1. The van der Waals surface area contributed by atoms with Gasteiger partial charge in [0.15, 0.2) is 0 Å². The number of benzene rings is 2. The van der Waals surface area contributed by atoms with Crippen molar-refractivity contribution >= 4 is 35.0 Å². The SMILES string of the molecule is COc1ccc(/C=N/Nc2csnc2-c2ccc(Cl)cc2)cc1. The zero-order valence-corrected chi connectivity index (χ0v) is 13.9. The molecule has 6 heteroatoms. The minimum absolute atomic E-state index is 0.705. The lowest BCUT2D eigenvalue weighted by atomic mass is 10.1. The maximum absolute atomic E-state index is 5.92. The normalized spacial score (nSPS) is 10.9. The summed E-state index contributed by atoms with van der Waals surface area (Å²) in [6.45, 7) is 0. The van der Waals surface area contributed by atoms with Crippen LogP contribution in [0.15, 0.2) is 59.0 Å². The van der Waals surface area contributed by atoms with E-state index in [9.17, 15) is 0 Å². The highest BCUT2D eigenvalue weighted by Gasteiger charge is 2.07. The van der Waals surface area contributed by atoms with Crippen molar-refractivity contribution in [3.05, 3.63) is 64.5 Å². The smallest absolute Gasteiger partial charge is 0.118 e. The molecular weight excluding hydrogens is 330 g/mol. The Morgan fingerprint density at radius 2 is 1.87 bits per heavy atom. The second kappa shape index (κ2) is 7.26. The summed E-state index contributed by atoms with van der Waals surface area (Å²) in [6, 6.07) is 15.2. The van der Waals surface area contributed by atoms with E-state index in [0.29, 0.717) is 5.02 Å². The minimum atomic E-state index is 0.705. The molecule has 0 radical (unpaired) electrons. The number of hydrazone groups is 1. The Balaban J connectivity index is 1.72. The number of hydrogen-bond donors (Lipinski definition) is 1. The summed E-state index contributed by atoms with van der Waals surface area (Å²) in [5, 5.41) is 6.90. The van der Waals surface area contributed by atoms with Gasteiger partial charge < -0.3 is 4.74 Å². The van der Waals surface area contributed by atoms with Crippen molar-refractivity contribution in [1.29, 1.82) is 0 Å². The summed E-state index contributed by atoms with van der Waals surface area (Å²) in [6.07, 6.45) is 1.75. The first-order chi connectivity index (χ1) is 11.3. The third-order valence-electron chi connectivity index (χ3n) is 3.20. The Bertz CT molecular complexity index is 797. The van der Waals surface area contributed by atoms with Gasteiger partial charge in [-0.15, -0.1) is 0 Å². The van der Waals surface area contributed by atoms with E-state index in [4.69, 9.17) is 16.3 Å². The van der Waals surface area contributed by atoms with E-state index >= 15 is 0 Å². The summed E-state index contributed by atoms with van der Waals surface area (Å²) in [5.41, 5.74) is 6.74. The van der Waals surface area contributed by atoms with Crippen LogP contribution in [0.25, 0.3) is 11.3 Å². The van der Waals surface area contributed by atoms with Crippen LogP contribution in [0.3, 0.4) is 0 Å². The molecule has 0 aliphatic rings. The van der Waals surface area contributed by atoms with Gasteiger partial charge >= 0.3 is 0 Å². The molecule has 0 fully saturated rings. The van der Waals surface area contributed by atoms with E-state index in [1.807, 2.05) is 53.9 Å². The lowest BCUT2D eigenvalue weighted by molar-refractivity contribution is 0.415. The van der Waals surface area contributed by atoms with E-state index in [0.717, 1.165) is 28.3 Å². The largest absolute Gasteiger partial charge is 0.497 e. The van der Waals surface area contributed by atoms with Crippen molar-refractivity contribution in [2.45, 2.75) is 0 Å². The van der Waals surface area contributed by atoms with Gasteiger partial charge in [0.05, 0.1) is 19.0 Å². The first kappa shape index (κ1) is 15.5. The van der Waals surface area contributed by atoms with Crippen molar-refractivity contribution in [1.82, 2.24) is 4.37 Å². The van der Waals surface area contributed by atoms with Gasteiger partial charge in [-0.25, -0.2) is 0 Å². The van der Waals surface area contributed by atoms with Gasteiger partial charge in [0.25, 0.3) is 0 Å². The summed E-state index contributed by atoms with van der Waals surface area (Å²) in [4.78, 5) is 0. The number of halogens is 1. The van der Waals surface area contributed by atoms with Crippen LogP contribution in [0.1, 0.15) is 5.56 Å². The van der Waals surface area contributed by atoms with Crippen molar-refractivity contribution in [2.75, 3.05) is 12.5 Å². The Kier molecular flexibility index (Phi) is 4.90. The fraction of sp³-hybridized carbons (Fsp3) is 0.0588. The number of anilines is 1. The topological polar surface area (TPSA) is 46.5 Å². The van der Waals surface area contributed by atoms with Crippen LogP contribution < -0.4 is 10.2 Å². The van der Waals surface area contributed by atoms with Gasteiger partial charge in [0, 0.05) is 16.0 Å². The predicted molar refractivity (Wildman–Crippen MR) is 96.8 cm³/mol. The van der Waals surface area contributed by atoms with Crippen LogP contribution in [0.5, 0.6) is 5.75 Å². The molecule has 0 bridgehead atoms. The third kappa shape index (κ3) is 3.88. The average molecular weight is 344 g/mol. The maximum atomic E-state index is 5.92. The van der Waals surface area contributed by atoms with Crippen LogP contribution in [-0.2, 0) is 0 Å². The van der Waals surface area contributed by atoms with E-state index in [1.165, 1.54) is 11.5 Å². The van der Waals surface area contributed by atoms with Gasteiger partial charge in [0.2, 0.25) is 0 Å². The lowest BCUT2D eigenvalue weighted by Gasteiger charge is -2.02. The molecular formula is C17H14ClN3OS. The Labute approximate surface area is 143 Å². The Hall–Kier alpha value is -2.37. The van der Waals surface area contributed by atoms with Crippen LogP contribution in [0.2, 0.25) is 5.02 Å². The molecule has 116 valence electrons. The summed E-state index contributed by atoms with van der Waals surface area (Å²) >= 11 is 7.30. The van der Waals surface area contributed by atoms with E-state index in [-0.39, 0.29) is 0 Å². The molecule has 1 N–H and O–H groups in total. The standard InChI is InChI=1S/C17H14ClN3OS/c1-22-15-8-2-12(3-9-15)10-19-20-16-11-23-21-17(16)13-4-6-14(18)7-5-13/h2-11,20H,1H3/b19-10+. The average Bonchev–Trinajstić information content (AvgIpc) is 3.05. The molecule has 2 aromatic carbocycles. The monoisotopic (exact) mass is 343 g/mol. The molecule has 0 amide bonds. The van der Waals surface area contributed by atoms with E-state index < -0.39 is 0 Å². The molecule has 0 saturated heterocycles. The van der Waals surface area contributed by atoms with Crippen LogP contribution in [-0.4, -0.2) is 17.7 Å². The molecule has 1 heterocycles. The first-order valence-corrected chi connectivity index (χ1v) is 8.11. The third-order valence-corrected chi connectivity index (χ3v) is 4.08. The van der Waals surface area contributed by atoms with E-state index in [1.54, 1.807) is 13.3 Å². The highest BCUT2D eigenvalue weighted by molar-refractivity contribution is 7.04. The zero-order chi connectivity index (χ0) is 16.1. The molecule has 1 aromatic heterocycles.